The molecular weight excluding hydrogens is 174 g/mol. The third-order valence-electron chi connectivity index (χ3n) is 2.36. The molecule has 0 unspecified atom stereocenters. The molecule has 0 bridgehead atoms. The van der Waals surface area contributed by atoms with Gasteiger partial charge in [0.25, 0.3) is 0 Å². The molecule has 0 radical (unpaired) electrons. The molecule has 1 heterocycles. The van der Waals surface area contributed by atoms with Gasteiger partial charge in [0.2, 0.25) is 0 Å². The third kappa shape index (κ3) is 1.33. The normalized spacial score (nSPS) is 10.5. The van der Waals surface area contributed by atoms with Crippen molar-refractivity contribution in [3.05, 3.63) is 35.5 Å². The maximum atomic E-state index is 5.27. The van der Waals surface area contributed by atoms with Crippen molar-refractivity contribution in [1.29, 1.82) is 0 Å². The molecule has 14 heavy (non-hydrogen) atoms. The molecule has 2 rings (SSSR count). The number of benzene rings is 1. The minimum atomic E-state index is 0.842. The lowest BCUT2D eigenvalue weighted by Gasteiger charge is -2.07. The lowest BCUT2D eigenvalue weighted by Crippen LogP contribution is -1.91. The van der Waals surface area contributed by atoms with Crippen molar-refractivity contribution in [3.63, 3.8) is 0 Å². The van der Waals surface area contributed by atoms with Crippen LogP contribution in [0.3, 0.4) is 0 Å². The second kappa shape index (κ2) is 3.29. The van der Waals surface area contributed by atoms with Gasteiger partial charge in [-0.25, -0.2) is 4.98 Å². The summed E-state index contributed by atoms with van der Waals surface area (Å²) in [6.45, 7) is 4.09. The van der Waals surface area contributed by atoms with Crippen LogP contribution in [-0.2, 0) is 0 Å². The van der Waals surface area contributed by atoms with E-state index in [1.54, 1.807) is 7.11 Å². The van der Waals surface area contributed by atoms with Gasteiger partial charge >= 0.3 is 0 Å². The highest BCUT2D eigenvalue weighted by Crippen LogP contribution is 2.25. The van der Waals surface area contributed by atoms with Crippen LogP contribution in [0.15, 0.2) is 24.3 Å². The van der Waals surface area contributed by atoms with Gasteiger partial charge in [-0.15, -0.1) is 0 Å². The number of nitrogens with zero attached hydrogens (tertiary/aromatic N) is 1. The minimum Gasteiger partial charge on any atom is -0.494 e. The Hall–Kier alpha value is -1.57. The molecule has 0 amide bonds. The molecule has 0 saturated carbocycles. The Morgan fingerprint density at radius 2 is 2.00 bits per heavy atom. The van der Waals surface area contributed by atoms with Crippen LogP contribution in [0.1, 0.15) is 11.3 Å². The largest absolute Gasteiger partial charge is 0.494 e. The van der Waals surface area contributed by atoms with Gasteiger partial charge < -0.3 is 4.74 Å². The summed E-state index contributed by atoms with van der Waals surface area (Å²) in [5, 5.41) is 1.16. The Bertz CT molecular complexity index is 477. The SMILES string of the molecule is COc1cccc2c(C)cc(C)nc12. The topological polar surface area (TPSA) is 22.1 Å². The van der Waals surface area contributed by atoms with Crippen molar-refractivity contribution in [3.8, 4) is 5.75 Å². The summed E-state index contributed by atoms with van der Waals surface area (Å²) in [6.07, 6.45) is 0. The van der Waals surface area contributed by atoms with Crippen LogP contribution in [0.4, 0.5) is 0 Å². The summed E-state index contributed by atoms with van der Waals surface area (Å²) in [6, 6.07) is 8.08. The number of hydrogen-bond donors (Lipinski definition) is 0. The van der Waals surface area contributed by atoms with Gasteiger partial charge in [0.1, 0.15) is 11.3 Å². The first kappa shape index (κ1) is 9.00. The van der Waals surface area contributed by atoms with E-state index in [4.69, 9.17) is 4.74 Å². The molecule has 0 N–H and O–H groups in total. The number of fused-ring (bicyclic) bond motifs is 1. The van der Waals surface area contributed by atoms with Crippen LogP contribution in [-0.4, -0.2) is 12.1 Å². The monoisotopic (exact) mass is 187 g/mol. The Morgan fingerprint density at radius 1 is 1.21 bits per heavy atom. The predicted molar refractivity (Wildman–Crippen MR) is 57.8 cm³/mol. The Labute approximate surface area is 83.5 Å². The van der Waals surface area contributed by atoms with E-state index in [0.717, 1.165) is 22.3 Å². The summed E-state index contributed by atoms with van der Waals surface area (Å²) in [5.74, 6) is 0.842. The molecule has 0 spiro atoms. The van der Waals surface area contributed by atoms with Gasteiger partial charge in [-0.3, -0.25) is 0 Å². The number of ether oxygens (including phenoxy) is 1. The van der Waals surface area contributed by atoms with Gasteiger partial charge in [-0.05, 0) is 31.5 Å². The van der Waals surface area contributed by atoms with E-state index in [1.807, 2.05) is 19.1 Å². The quantitative estimate of drug-likeness (QED) is 0.684. The summed E-state index contributed by atoms with van der Waals surface area (Å²) in [5.41, 5.74) is 3.22. The Morgan fingerprint density at radius 3 is 2.71 bits per heavy atom. The molecule has 2 nitrogen and oxygen atoms in total. The molecule has 2 heteroatoms. The minimum absolute atomic E-state index is 0.842. The number of hydrogen-bond acceptors (Lipinski definition) is 2. The smallest absolute Gasteiger partial charge is 0.145 e. The van der Waals surface area contributed by atoms with Crippen molar-refractivity contribution in [2.75, 3.05) is 7.11 Å². The average molecular weight is 187 g/mol. The van der Waals surface area contributed by atoms with Gasteiger partial charge in [0.05, 0.1) is 7.11 Å². The first-order valence-electron chi connectivity index (χ1n) is 4.63. The third-order valence-corrected chi connectivity index (χ3v) is 2.36. The van der Waals surface area contributed by atoms with E-state index in [9.17, 15) is 0 Å². The van der Waals surface area contributed by atoms with E-state index >= 15 is 0 Å². The Balaban J connectivity index is 2.86. The fourth-order valence-corrected chi connectivity index (χ4v) is 1.72. The molecule has 0 fully saturated rings. The first-order chi connectivity index (χ1) is 6.72. The summed E-state index contributed by atoms with van der Waals surface area (Å²) >= 11 is 0. The van der Waals surface area contributed by atoms with Crippen LogP contribution in [0.2, 0.25) is 0 Å². The molecule has 0 saturated heterocycles. The number of rotatable bonds is 1. The molecular formula is C12H13NO. The standard InChI is InChI=1S/C12H13NO/c1-8-7-9(2)13-12-10(8)5-4-6-11(12)14-3/h4-7H,1-3H3. The predicted octanol–water partition coefficient (Wildman–Crippen LogP) is 2.86. The van der Waals surface area contributed by atoms with Crippen molar-refractivity contribution in [2.24, 2.45) is 0 Å². The highest BCUT2D eigenvalue weighted by atomic mass is 16.5. The molecule has 0 atom stereocenters. The second-order valence-electron chi connectivity index (χ2n) is 3.44. The number of aromatic nitrogens is 1. The molecule has 0 aliphatic heterocycles. The number of aryl methyl sites for hydroxylation is 2. The van der Waals surface area contributed by atoms with Crippen LogP contribution in [0.25, 0.3) is 10.9 Å². The maximum absolute atomic E-state index is 5.27. The van der Waals surface area contributed by atoms with Crippen molar-refractivity contribution in [1.82, 2.24) is 4.98 Å². The highest BCUT2D eigenvalue weighted by molar-refractivity contribution is 5.87. The lowest BCUT2D eigenvalue weighted by molar-refractivity contribution is 0.419. The maximum Gasteiger partial charge on any atom is 0.145 e. The van der Waals surface area contributed by atoms with Crippen molar-refractivity contribution >= 4 is 10.9 Å². The second-order valence-corrected chi connectivity index (χ2v) is 3.44. The molecule has 0 aliphatic carbocycles. The summed E-state index contributed by atoms with van der Waals surface area (Å²) in [4.78, 5) is 4.48. The molecule has 72 valence electrons. The van der Waals surface area contributed by atoms with Gasteiger partial charge in [-0.2, -0.15) is 0 Å². The lowest BCUT2D eigenvalue weighted by atomic mass is 10.1. The molecule has 1 aromatic heterocycles. The van der Waals surface area contributed by atoms with Crippen LogP contribution in [0.5, 0.6) is 5.75 Å². The van der Waals surface area contributed by atoms with E-state index in [-0.39, 0.29) is 0 Å². The van der Waals surface area contributed by atoms with Crippen LogP contribution in [0, 0.1) is 13.8 Å². The molecule has 1 aromatic carbocycles. The van der Waals surface area contributed by atoms with E-state index in [1.165, 1.54) is 5.56 Å². The fraction of sp³-hybridized carbons (Fsp3) is 0.250. The van der Waals surface area contributed by atoms with Crippen molar-refractivity contribution < 1.29 is 4.74 Å². The van der Waals surface area contributed by atoms with Gasteiger partial charge in [0.15, 0.2) is 0 Å². The fourth-order valence-electron chi connectivity index (χ4n) is 1.72. The van der Waals surface area contributed by atoms with E-state index < -0.39 is 0 Å². The Kier molecular flexibility index (Phi) is 2.12. The molecule has 2 aromatic rings. The van der Waals surface area contributed by atoms with Crippen LogP contribution >= 0.6 is 0 Å². The van der Waals surface area contributed by atoms with E-state index in [2.05, 4.69) is 24.0 Å². The first-order valence-corrected chi connectivity index (χ1v) is 4.63. The van der Waals surface area contributed by atoms with Gasteiger partial charge in [0, 0.05) is 11.1 Å². The zero-order valence-corrected chi connectivity index (χ0v) is 8.66. The van der Waals surface area contributed by atoms with Crippen molar-refractivity contribution in [2.45, 2.75) is 13.8 Å². The summed E-state index contributed by atoms with van der Waals surface area (Å²) < 4.78 is 5.27. The number of pyridine rings is 1. The van der Waals surface area contributed by atoms with Crippen LogP contribution < -0.4 is 4.74 Å². The number of para-hydroxylation sites is 1. The zero-order valence-electron chi connectivity index (χ0n) is 8.66. The highest BCUT2D eigenvalue weighted by Gasteiger charge is 2.04. The van der Waals surface area contributed by atoms with Gasteiger partial charge in [-0.1, -0.05) is 12.1 Å². The van der Waals surface area contributed by atoms with E-state index in [0.29, 0.717) is 0 Å². The number of methoxy groups -OCH3 is 1. The summed E-state index contributed by atoms with van der Waals surface area (Å²) in [7, 11) is 1.67. The molecule has 0 aliphatic rings. The zero-order chi connectivity index (χ0) is 10.1. The average Bonchev–Trinajstić information content (AvgIpc) is 2.17.